The molecule has 10 heteroatoms. The lowest BCUT2D eigenvalue weighted by atomic mass is 9.96. The molecule has 1 aromatic heterocycles. The van der Waals surface area contributed by atoms with Crippen LogP contribution < -0.4 is 5.32 Å². The number of aryl methyl sites for hydroxylation is 1. The number of sulfonamides is 1. The maximum absolute atomic E-state index is 13.9. The highest BCUT2D eigenvalue weighted by molar-refractivity contribution is 7.89. The summed E-state index contributed by atoms with van der Waals surface area (Å²) in [5, 5.41) is 2.97. The van der Waals surface area contributed by atoms with Gasteiger partial charge in [0.05, 0.1) is 4.90 Å². The van der Waals surface area contributed by atoms with Gasteiger partial charge < -0.3 is 9.88 Å². The summed E-state index contributed by atoms with van der Waals surface area (Å²) in [6.07, 6.45) is 4.02. The van der Waals surface area contributed by atoms with Gasteiger partial charge in [0.2, 0.25) is 15.9 Å². The zero-order valence-corrected chi connectivity index (χ0v) is 18.8. The standard InChI is InChI=1S/C23H24F2N4O3S/c1-28-14-11-26-22(28)21(17-3-2-4-19(25)15-17)27-23(30)16-9-12-29(13-10-16)33(31,32)20-7-5-18(24)6-8-20/h2-8,11,14-16,21H,9-10,12-13H2,1H3,(H,27,30). The number of hydrogen-bond donors (Lipinski definition) is 1. The number of nitrogens with zero attached hydrogens (tertiary/aromatic N) is 3. The summed E-state index contributed by atoms with van der Waals surface area (Å²) < 4.78 is 55.7. The van der Waals surface area contributed by atoms with Gasteiger partial charge in [-0.15, -0.1) is 0 Å². The lowest BCUT2D eigenvalue weighted by molar-refractivity contribution is -0.126. The first-order valence-electron chi connectivity index (χ1n) is 10.5. The lowest BCUT2D eigenvalue weighted by Crippen LogP contribution is -2.44. The summed E-state index contributed by atoms with van der Waals surface area (Å²) in [6, 6.07) is 10.0. The molecule has 0 radical (unpaired) electrons. The highest BCUT2D eigenvalue weighted by atomic mass is 32.2. The van der Waals surface area contributed by atoms with Crippen LogP contribution in [-0.4, -0.2) is 41.3 Å². The molecule has 0 bridgehead atoms. The normalized spacial score (nSPS) is 16.5. The predicted molar refractivity (Wildman–Crippen MR) is 117 cm³/mol. The molecule has 2 aromatic carbocycles. The number of nitrogens with one attached hydrogen (secondary N) is 1. The van der Waals surface area contributed by atoms with E-state index >= 15 is 0 Å². The second kappa shape index (κ2) is 9.40. The van der Waals surface area contributed by atoms with Crippen molar-refractivity contribution in [3.63, 3.8) is 0 Å². The number of piperidine rings is 1. The smallest absolute Gasteiger partial charge is 0.243 e. The van der Waals surface area contributed by atoms with Crippen molar-refractivity contribution in [3.05, 3.63) is 83.9 Å². The van der Waals surface area contributed by atoms with Crippen LogP contribution in [0.3, 0.4) is 0 Å². The zero-order valence-electron chi connectivity index (χ0n) is 18.0. The third-order valence-corrected chi connectivity index (χ3v) is 7.77. The van der Waals surface area contributed by atoms with E-state index in [1.54, 1.807) is 36.1 Å². The fraction of sp³-hybridized carbons (Fsp3) is 0.304. The van der Waals surface area contributed by atoms with E-state index in [2.05, 4.69) is 10.3 Å². The Morgan fingerprint density at radius 2 is 1.79 bits per heavy atom. The van der Waals surface area contributed by atoms with Gasteiger partial charge in [0.1, 0.15) is 23.5 Å². The van der Waals surface area contributed by atoms with Crippen molar-refractivity contribution in [1.29, 1.82) is 0 Å². The Morgan fingerprint density at radius 1 is 1.09 bits per heavy atom. The number of rotatable bonds is 6. The molecule has 1 amide bonds. The first kappa shape index (κ1) is 23.1. The van der Waals surface area contributed by atoms with Crippen LogP contribution in [0.25, 0.3) is 0 Å². The molecule has 0 saturated carbocycles. The summed E-state index contributed by atoms with van der Waals surface area (Å²) in [6.45, 7) is 0.343. The van der Waals surface area contributed by atoms with Gasteiger partial charge in [-0.05, 0) is 54.8 Å². The van der Waals surface area contributed by atoms with E-state index in [0.717, 1.165) is 12.1 Å². The third kappa shape index (κ3) is 4.96. The Bertz CT molecular complexity index is 1240. The molecule has 4 rings (SSSR count). The van der Waals surface area contributed by atoms with Gasteiger partial charge >= 0.3 is 0 Å². The Labute approximate surface area is 191 Å². The van der Waals surface area contributed by atoms with E-state index in [1.807, 2.05) is 0 Å². The Balaban J connectivity index is 1.46. The molecule has 0 aliphatic carbocycles. The number of aromatic nitrogens is 2. The first-order valence-corrected chi connectivity index (χ1v) is 12.0. The third-order valence-electron chi connectivity index (χ3n) is 5.86. The van der Waals surface area contributed by atoms with Gasteiger partial charge in [-0.25, -0.2) is 22.2 Å². The molecule has 1 saturated heterocycles. The van der Waals surface area contributed by atoms with E-state index in [4.69, 9.17) is 0 Å². The second-order valence-electron chi connectivity index (χ2n) is 8.03. The monoisotopic (exact) mass is 474 g/mol. The summed E-state index contributed by atoms with van der Waals surface area (Å²) in [5.74, 6) is -1.01. The number of amides is 1. The van der Waals surface area contributed by atoms with Gasteiger partial charge in [0.25, 0.3) is 0 Å². The molecule has 1 fully saturated rings. The van der Waals surface area contributed by atoms with Crippen molar-refractivity contribution in [2.24, 2.45) is 13.0 Å². The molecule has 2 heterocycles. The number of carbonyl (C=O) groups is 1. The summed E-state index contributed by atoms with van der Waals surface area (Å²) in [4.78, 5) is 17.4. The Kier molecular flexibility index (Phi) is 6.57. The quantitative estimate of drug-likeness (QED) is 0.595. The molecular weight excluding hydrogens is 450 g/mol. The molecule has 174 valence electrons. The lowest BCUT2D eigenvalue weighted by Gasteiger charge is -2.31. The van der Waals surface area contributed by atoms with Crippen LogP contribution in [0.15, 0.2) is 65.8 Å². The van der Waals surface area contributed by atoms with Crippen LogP contribution in [0.4, 0.5) is 8.78 Å². The summed E-state index contributed by atoms with van der Waals surface area (Å²) >= 11 is 0. The minimum Gasteiger partial charge on any atom is -0.342 e. The highest BCUT2D eigenvalue weighted by Gasteiger charge is 2.33. The fourth-order valence-corrected chi connectivity index (χ4v) is 5.48. The minimum absolute atomic E-state index is 0.0211. The van der Waals surface area contributed by atoms with Crippen LogP contribution in [0.2, 0.25) is 0 Å². The zero-order chi connectivity index (χ0) is 23.6. The number of hydrogen-bond acceptors (Lipinski definition) is 4. The number of carbonyl (C=O) groups excluding carboxylic acids is 1. The van der Waals surface area contributed by atoms with Crippen LogP contribution in [0.1, 0.15) is 30.3 Å². The van der Waals surface area contributed by atoms with E-state index in [1.165, 1.54) is 28.6 Å². The largest absolute Gasteiger partial charge is 0.342 e. The van der Waals surface area contributed by atoms with Crippen molar-refractivity contribution in [2.75, 3.05) is 13.1 Å². The molecule has 1 aliphatic rings. The first-order chi connectivity index (χ1) is 15.8. The van der Waals surface area contributed by atoms with Crippen molar-refractivity contribution in [3.8, 4) is 0 Å². The average Bonchev–Trinajstić information content (AvgIpc) is 3.23. The van der Waals surface area contributed by atoms with Crippen molar-refractivity contribution < 1.29 is 22.0 Å². The molecule has 1 N–H and O–H groups in total. The van der Waals surface area contributed by atoms with Gasteiger partial charge in [-0.2, -0.15) is 4.31 Å². The molecular formula is C23H24F2N4O3S. The van der Waals surface area contributed by atoms with E-state index < -0.39 is 33.6 Å². The van der Waals surface area contributed by atoms with Crippen LogP contribution in [0, 0.1) is 17.6 Å². The van der Waals surface area contributed by atoms with Crippen LogP contribution in [0.5, 0.6) is 0 Å². The molecule has 33 heavy (non-hydrogen) atoms. The fourth-order valence-electron chi connectivity index (χ4n) is 4.01. The van der Waals surface area contributed by atoms with Crippen LogP contribution in [-0.2, 0) is 21.9 Å². The van der Waals surface area contributed by atoms with Crippen molar-refractivity contribution in [1.82, 2.24) is 19.2 Å². The molecule has 1 unspecified atom stereocenters. The maximum atomic E-state index is 13.9. The highest BCUT2D eigenvalue weighted by Crippen LogP contribution is 2.27. The van der Waals surface area contributed by atoms with Gasteiger partial charge in [0, 0.05) is 38.4 Å². The topological polar surface area (TPSA) is 84.3 Å². The SMILES string of the molecule is Cn1ccnc1C(NC(=O)C1CCN(S(=O)(=O)c2ccc(F)cc2)CC1)c1cccc(F)c1. The molecule has 0 spiro atoms. The molecule has 1 atom stereocenters. The number of benzene rings is 2. The average molecular weight is 475 g/mol. The van der Waals surface area contributed by atoms with E-state index in [-0.39, 0.29) is 23.9 Å². The van der Waals surface area contributed by atoms with Crippen molar-refractivity contribution in [2.45, 2.75) is 23.8 Å². The van der Waals surface area contributed by atoms with Gasteiger partial charge in [0.15, 0.2) is 0 Å². The molecule has 7 nitrogen and oxygen atoms in total. The van der Waals surface area contributed by atoms with Gasteiger partial charge in [-0.3, -0.25) is 4.79 Å². The summed E-state index contributed by atoms with van der Waals surface area (Å²) in [7, 11) is -1.97. The maximum Gasteiger partial charge on any atom is 0.243 e. The summed E-state index contributed by atoms with van der Waals surface area (Å²) in [5.41, 5.74) is 0.564. The molecule has 3 aromatic rings. The number of halogens is 2. The van der Waals surface area contributed by atoms with Crippen molar-refractivity contribution >= 4 is 15.9 Å². The predicted octanol–water partition coefficient (Wildman–Crippen LogP) is 3.00. The van der Waals surface area contributed by atoms with Crippen LogP contribution >= 0.6 is 0 Å². The minimum atomic E-state index is -3.76. The Hall–Kier alpha value is -3.11. The van der Waals surface area contributed by atoms with Gasteiger partial charge in [-0.1, -0.05) is 12.1 Å². The molecule has 1 aliphatic heterocycles. The van der Waals surface area contributed by atoms with E-state index in [0.29, 0.717) is 24.2 Å². The van der Waals surface area contributed by atoms with E-state index in [9.17, 15) is 22.0 Å². The second-order valence-corrected chi connectivity index (χ2v) is 9.96. The number of imidazole rings is 1. The Morgan fingerprint density at radius 3 is 2.39 bits per heavy atom.